The van der Waals surface area contributed by atoms with Crippen LogP contribution in [0.2, 0.25) is 0 Å². The van der Waals surface area contributed by atoms with Gasteiger partial charge in [-0.3, -0.25) is 0 Å². The second-order valence-electron chi connectivity index (χ2n) is 3.30. The van der Waals surface area contributed by atoms with E-state index in [2.05, 4.69) is 22.6 Å². The van der Waals surface area contributed by atoms with E-state index in [1.54, 1.807) is 14.2 Å². The van der Waals surface area contributed by atoms with E-state index in [1.807, 2.05) is 12.1 Å². The summed E-state index contributed by atoms with van der Waals surface area (Å²) in [5.41, 5.74) is 0.908. The zero-order valence-electron chi connectivity index (χ0n) is 9.16. The molecule has 2 rings (SSSR count). The summed E-state index contributed by atoms with van der Waals surface area (Å²) in [6.07, 6.45) is -0.325. The van der Waals surface area contributed by atoms with Crippen LogP contribution in [0.4, 0.5) is 0 Å². The lowest BCUT2D eigenvalue weighted by atomic mass is 10.2. The monoisotopic (exact) mass is 336 g/mol. The fourth-order valence-corrected chi connectivity index (χ4v) is 2.32. The number of methoxy groups -OCH3 is 2. The highest BCUT2D eigenvalue weighted by atomic mass is 127. The zero-order valence-corrected chi connectivity index (χ0v) is 11.3. The third-order valence-electron chi connectivity index (χ3n) is 2.38. The average Bonchev–Trinajstić information content (AvgIpc) is 2.82. The average molecular weight is 336 g/mol. The lowest BCUT2D eigenvalue weighted by molar-refractivity contribution is -0.0455. The standard InChI is InChI=1S/C11H13IO4/c1-13-9-6-10(14-2)8(12)5-7(9)11-15-3-4-16-11/h5-6,11H,3-4H2,1-2H3. The molecule has 4 nitrogen and oxygen atoms in total. The summed E-state index contributed by atoms with van der Waals surface area (Å²) < 4.78 is 22.5. The predicted molar refractivity (Wildman–Crippen MR) is 66.9 cm³/mol. The van der Waals surface area contributed by atoms with Gasteiger partial charge in [0.1, 0.15) is 11.5 Å². The van der Waals surface area contributed by atoms with Crippen molar-refractivity contribution < 1.29 is 18.9 Å². The molecule has 0 atom stereocenters. The van der Waals surface area contributed by atoms with Crippen LogP contribution in [-0.2, 0) is 9.47 Å². The molecule has 1 aromatic carbocycles. The molecule has 0 N–H and O–H groups in total. The molecule has 1 aromatic rings. The third kappa shape index (κ3) is 2.26. The van der Waals surface area contributed by atoms with E-state index in [-0.39, 0.29) is 6.29 Å². The summed E-state index contributed by atoms with van der Waals surface area (Å²) in [6.45, 7) is 1.24. The Morgan fingerprint density at radius 1 is 1.12 bits per heavy atom. The van der Waals surface area contributed by atoms with Gasteiger partial charge in [0.05, 0.1) is 36.6 Å². The van der Waals surface area contributed by atoms with Gasteiger partial charge in [-0.25, -0.2) is 0 Å². The van der Waals surface area contributed by atoms with Gasteiger partial charge in [-0.2, -0.15) is 0 Å². The molecule has 0 saturated carbocycles. The molecule has 0 amide bonds. The van der Waals surface area contributed by atoms with Gasteiger partial charge in [0.15, 0.2) is 6.29 Å². The normalized spacial score (nSPS) is 16.4. The van der Waals surface area contributed by atoms with Gasteiger partial charge >= 0.3 is 0 Å². The lowest BCUT2D eigenvalue weighted by Gasteiger charge is -2.15. The maximum atomic E-state index is 5.46. The highest BCUT2D eigenvalue weighted by Gasteiger charge is 2.23. The van der Waals surface area contributed by atoms with Crippen LogP contribution in [0.1, 0.15) is 11.9 Å². The van der Waals surface area contributed by atoms with Gasteiger partial charge in [0, 0.05) is 6.07 Å². The van der Waals surface area contributed by atoms with E-state index >= 15 is 0 Å². The summed E-state index contributed by atoms with van der Waals surface area (Å²) >= 11 is 2.21. The quantitative estimate of drug-likeness (QED) is 0.794. The fourth-order valence-electron chi connectivity index (χ4n) is 1.61. The van der Waals surface area contributed by atoms with E-state index in [0.29, 0.717) is 13.2 Å². The molecule has 0 spiro atoms. The van der Waals surface area contributed by atoms with Crippen molar-refractivity contribution in [3.63, 3.8) is 0 Å². The first-order chi connectivity index (χ1) is 7.76. The molecule has 16 heavy (non-hydrogen) atoms. The molecule has 0 aliphatic carbocycles. The molecule has 1 fully saturated rings. The number of halogens is 1. The summed E-state index contributed by atoms with van der Waals surface area (Å²) in [7, 11) is 3.26. The first-order valence-electron chi connectivity index (χ1n) is 4.91. The van der Waals surface area contributed by atoms with Gasteiger partial charge in [-0.05, 0) is 28.7 Å². The van der Waals surface area contributed by atoms with Crippen LogP contribution in [-0.4, -0.2) is 27.4 Å². The summed E-state index contributed by atoms with van der Waals surface area (Å²) in [6, 6.07) is 3.82. The molecule has 0 bridgehead atoms. The van der Waals surface area contributed by atoms with Crippen LogP contribution in [0.5, 0.6) is 11.5 Å². The Kier molecular flexibility index (Phi) is 3.88. The van der Waals surface area contributed by atoms with Crippen LogP contribution >= 0.6 is 22.6 Å². The van der Waals surface area contributed by atoms with Crippen LogP contribution in [0.15, 0.2) is 12.1 Å². The summed E-state index contributed by atoms with van der Waals surface area (Å²) in [5, 5.41) is 0. The molecule has 1 saturated heterocycles. The molecular weight excluding hydrogens is 323 g/mol. The number of ether oxygens (including phenoxy) is 4. The molecule has 5 heteroatoms. The minimum Gasteiger partial charge on any atom is -0.496 e. The van der Waals surface area contributed by atoms with Crippen LogP contribution in [0.25, 0.3) is 0 Å². The molecule has 0 unspecified atom stereocenters. The summed E-state index contributed by atoms with van der Waals surface area (Å²) in [5.74, 6) is 1.52. The second-order valence-corrected chi connectivity index (χ2v) is 4.46. The first kappa shape index (κ1) is 11.9. The van der Waals surface area contributed by atoms with Gasteiger partial charge in [0.2, 0.25) is 0 Å². The van der Waals surface area contributed by atoms with Crippen molar-refractivity contribution in [3.8, 4) is 11.5 Å². The smallest absolute Gasteiger partial charge is 0.187 e. The van der Waals surface area contributed by atoms with Crippen molar-refractivity contribution in [3.05, 3.63) is 21.3 Å². The molecule has 88 valence electrons. The molecule has 0 aromatic heterocycles. The Morgan fingerprint density at radius 2 is 1.75 bits per heavy atom. The Morgan fingerprint density at radius 3 is 2.31 bits per heavy atom. The number of hydrogen-bond acceptors (Lipinski definition) is 4. The molecule has 1 heterocycles. The molecule has 0 radical (unpaired) electrons. The van der Waals surface area contributed by atoms with Crippen molar-refractivity contribution in [2.24, 2.45) is 0 Å². The topological polar surface area (TPSA) is 36.9 Å². The molecule has 1 aliphatic heterocycles. The van der Waals surface area contributed by atoms with Crippen molar-refractivity contribution in [2.45, 2.75) is 6.29 Å². The number of rotatable bonds is 3. The molecular formula is C11H13IO4. The highest BCUT2D eigenvalue weighted by Crippen LogP contribution is 2.36. The van der Waals surface area contributed by atoms with Crippen LogP contribution in [0, 0.1) is 3.57 Å². The minimum absolute atomic E-state index is 0.325. The number of hydrogen-bond donors (Lipinski definition) is 0. The zero-order chi connectivity index (χ0) is 11.5. The molecule has 1 aliphatic rings. The Labute approximate surface area is 108 Å². The Balaban J connectivity index is 2.39. The van der Waals surface area contributed by atoms with Gasteiger partial charge in [-0.1, -0.05) is 0 Å². The van der Waals surface area contributed by atoms with Crippen LogP contribution in [0.3, 0.4) is 0 Å². The van der Waals surface area contributed by atoms with Gasteiger partial charge in [0.25, 0.3) is 0 Å². The van der Waals surface area contributed by atoms with Crippen molar-refractivity contribution >= 4 is 22.6 Å². The summed E-state index contributed by atoms with van der Waals surface area (Å²) in [4.78, 5) is 0. The van der Waals surface area contributed by atoms with E-state index in [1.165, 1.54) is 0 Å². The maximum absolute atomic E-state index is 5.46. The largest absolute Gasteiger partial charge is 0.496 e. The van der Waals surface area contributed by atoms with Gasteiger partial charge in [-0.15, -0.1) is 0 Å². The second kappa shape index (κ2) is 5.20. The third-order valence-corrected chi connectivity index (χ3v) is 3.22. The van der Waals surface area contributed by atoms with Crippen molar-refractivity contribution in [1.82, 2.24) is 0 Å². The highest BCUT2D eigenvalue weighted by molar-refractivity contribution is 14.1. The first-order valence-corrected chi connectivity index (χ1v) is 5.98. The van der Waals surface area contributed by atoms with E-state index in [9.17, 15) is 0 Å². The predicted octanol–water partition coefficient (Wildman–Crippen LogP) is 2.35. The maximum Gasteiger partial charge on any atom is 0.187 e. The Hall–Kier alpha value is -0.530. The van der Waals surface area contributed by atoms with Crippen molar-refractivity contribution in [1.29, 1.82) is 0 Å². The minimum atomic E-state index is -0.325. The fraction of sp³-hybridized carbons (Fsp3) is 0.455. The lowest BCUT2D eigenvalue weighted by Crippen LogP contribution is -2.03. The van der Waals surface area contributed by atoms with E-state index < -0.39 is 0 Å². The van der Waals surface area contributed by atoms with Gasteiger partial charge < -0.3 is 18.9 Å². The number of benzene rings is 1. The van der Waals surface area contributed by atoms with Crippen LogP contribution < -0.4 is 9.47 Å². The Bertz CT molecular complexity index is 374. The van der Waals surface area contributed by atoms with E-state index in [4.69, 9.17) is 18.9 Å². The SMILES string of the molecule is COc1cc(OC)c(C2OCCO2)cc1I. The van der Waals surface area contributed by atoms with Crippen molar-refractivity contribution in [2.75, 3.05) is 27.4 Å². The van der Waals surface area contributed by atoms with E-state index in [0.717, 1.165) is 20.6 Å².